The third kappa shape index (κ3) is 4.36. The van der Waals surface area contributed by atoms with Crippen LogP contribution in [0.2, 0.25) is 0 Å². The molecule has 0 radical (unpaired) electrons. The topological polar surface area (TPSA) is 56.1 Å². The SMILES string of the molecule is COc1ccc(C(=O)N(CC[NH+](C)C)c2nc3c(C)c(C)ccc3s2)cc1OC. The Morgan fingerprint density at radius 1 is 1.10 bits per heavy atom. The van der Waals surface area contributed by atoms with Gasteiger partial charge in [-0.05, 0) is 49.2 Å². The number of benzene rings is 2. The molecule has 0 saturated carbocycles. The molecule has 1 N–H and O–H groups in total. The summed E-state index contributed by atoms with van der Waals surface area (Å²) in [4.78, 5) is 21.3. The van der Waals surface area contributed by atoms with Gasteiger partial charge in [0.15, 0.2) is 16.6 Å². The van der Waals surface area contributed by atoms with Crippen LogP contribution in [0.15, 0.2) is 30.3 Å². The van der Waals surface area contributed by atoms with Gasteiger partial charge in [-0.1, -0.05) is 17.4 Å². The van der Waals surface area contributed by atoms with Crippen LogP contribution in [0, 0.1) is 13.8 Å². The average molecular weight is 415 g/mol. The fourth-order valence-corrected chi connectivity index (χ4v) is 4.12. The number of nitrogens with zero attached hydrogens (tertiary/aromatic N) is 2. The average Bonchev–Trinajstić information content (AvgIpc) is 3.14. The first-order chi connectivity index (χ1) is 13.8. The van der Waals surface area contributed by atoms with Gasteiger partial charge in [0.25, 0.3) is 5.91 Å². The predicted molar refractivity (Wildman–Crippen MR) is 118 cm³/mol. The number of hydrogen-bond acceptors (Lipinski definition) is 5. The Kier molecular flexibility index (Phi) is 6.39. The number of aromatic nitrogens is 1. The molecule has 6 nitrogen and oxygen atoms in total. The number of carbonyl (C=O) groups excluding carboxylic acids is 1. The van der Waals surface area contributed by atoms with E-state index in [1.165, 1.54) is 10.5 Å². The maximum atomic E-state index is 13.4. The molecule has 0 saturated heterocycles. The molecule has 2 aromatic carbocycles. The Morgan fingerprint density at radius 2 is 1.83 bits per heavy atom. The third-order valence-corrected chi connectivity index (χ3v) is 6.06. The molecule has 0 aliphatic rings. The van der Waals surface area contributed by atoms with Crippen LogP contribution < -0.4 is 19.3 Å². The maximum absolute atomic E-state index is 13.4. The minimum Gasteiger partial charge on any atom is -0.493 e. The van der Waals surface area contributed by atoms with Gasteiger partial charge in [-0.25, -0.2) is 4.98 Å². The van der Waals surface area contributed by atoms with Crippen molar-refractivity contribution in [1.29, 1.82) is 0 Å². The molecule has 0 atom stereocenters. The van der Waals surface area contributed by atoms with Gasteiger partial charge in [-0.2, -0.15) is 0 Å². The number of hydrogen-bond donors (Lipinski definition) is 1. The van der Waals surface area contributed by atoms with Crippen LogP contribution in [-0.2, 0) is 0 Å². The standard InChI is InChI=1S/C22H27N3O3S/c1-14-7-10-19-20(15(14)2)23-22(29-19)25(12-11-24(3)4)21(26)16-8-9-17(27-5)18(13-16)28-6/h7-10,13H,11-12H2,1-6H3/p+1. The van der Waals surface area contributed by atoms with Crippen molar-refractivity contribution in [2.45, 2.75) is 13.8 Å². The van der Waals surface area contributed by atoms with Gasteiger partial charge in [-0.3, -0.25) is 9.69 Å². The van der Waals surface area contributed by atoms with Crippen LogP contribution in [0.4, 0.5) is 5.13 Å². The molecule has 0 fully saturated rings. The van der Waals surface area contributed by atoms with E-state index in [2.05, 4.69) is 40.1 Å². The number of nitrogens with one attached hydrogen (secondary N) is 1. The molecule has 1 aromatic heterocycles. The summed E-state index contributed by atoms with van der Waals surface area (Å²) in [5.74, 6) is 1.03. The molecule has 154 valence electrons. The minimum atomic E-state index is -0.0966. The Morgan fingerprint density at radius 3 is 2.48 bits per heavy atom. The zero-order valence-electron chi connectivity index (χ0n) is 17.8. The second kappa shape index (κ2) is 8.80. The normalized spacial score (nSPS) is 11.1. The molecule has 3 rings (SSSR count). The molecule has 0 spiro atoms. The van der Waals surface area contributed by atoms with E-state index in [-0.39, 0.29) is 5.91 Å². The van der Waals surface area contributed by atoms with Crippen LogP contribution >= 0.6 is 11.3 Å². The largest absolute Gasteiger partial charge is 0.493 e. The molecule has 1 heterocycles. The first-order valence-corrected chi connectivity index (χ1v) is 10.4. The Balaban J connectivity index is 2.03. The summed E-state index contributed by atoms with van der Waals surface area (Å²) < 4.78 is 11.8. The number of aryl methyl sites for hydroxylation is 2. The molecule has 3 aromatic rings. The summed E-state index contributed by atoms with van der Waals surface area (Å²) in [6, 6.07) is 9.42. The zero-order valence-corrected chi connectivity index (χ0v) is 18.6. The Hall–Kier alpha value is -2.64. The number of amides is 1. The maximum Gasteiger partial charge on any atom is 0.260 e. The summed E-state index contributed by atoms with van der Waals surface area (Å²) >= 11 is 1.55. The number of carbonyl (C=O) groups is 1. The van der Waals surface area contributed by atoms with Crippen molar-refractivity contribution in [3.63, 3.8) is 0 Å². The number of methoxy groups -OCH3 is 2. The highest BCUT2D eigenvalue weighted by atomic mass is 32.1. The molecule has 29 heavy (non-hydrogen) atoms. The van der Waals surface area contributed by atoms with Crippen molar-refractivity contribution in [2.75, 3.05) is 46.3 Å². The van der Waals surface area contributed by atoms with Crippen LogP contribution in [0.25, 0.3) is 10.2 Å². The smallest absolute Gasteiger partial charge is 0.260 e. The summed E-state index contributed by atoms with van der Waals surface area (Å²) in [6.07, 6.45) is 0. The number of thiazole rings is 1. The van der Waals surface area contributed by atoms with E-state index < -0.39 is 0 Å². The van der Waals surface area contributed by atoms with Gasteiger partial charge < -0.3 is 14.4 Å². The molecule has 7 heteroatoms. The van der Waals surface area contributed by atoms with Crippen LogP contribution in [-0.4, -0.2) is 52.3 Å². The zero-order chi connectivity index (χ0) is 21.1. The lowest BCUT2D eigenvalue weighted by atomic mass is 10.1. The van der Waals surface area contributed by atoms with Crippen molar-refractivity contribution < 1.29 is 19.2 Å². The molecule has 1 amide bonds. The van der Waals surface area contributed by atoms with Crippen LogP contribution in [0.5, 0.6) is 11.5 Å². The lowest BCUT2D eigenvalue weighted by Gasteiger charge is -2.21. The van der Waals surface area contributed by atoms with E-state index in [1.807, 2.05) is 0 Å². The lowest BCUT2D eigenvalue weighted by Crippen LogP contribution is -3.06. The van der Waals surface area contributed by atoms with Gasteiger partial charge in [0.1, 0.15) is 0 Å². The number of fused-ring (bicyclic) bond motifs is 1. The summed E-state index contributed by atoms with van der Waals surface area (Å²) in [7, 11) is 7.30. The van der Waals surface area contributed by atoms with Gasteiger partial charge in [0.05, 0.1) is 51.6 Å². The van der Waals surface area contributed by atoms with E-state index in [1.54, 1.807) is 48.7 Å². The van der Waals surface area contributed by atoms with Crippen molar-refractivity contribution >= 4 is 32.6 Å². The summed E-state index contributed by atoms with van der Waals surface area (Å²) in [6.45, 7) is 5.54. The second-order valence-corrected chi connectivity index (χ2v) is 8.34. The molecule has 0 aliphatic carbocycles. The van der Waals surface area contributed by atoms with Crippen molar-refractivity contribution in [1.82, 2.24) is 4.98 Å². The molecular formula is C22H28N3O3S+. The monoisotopic (exact) mass is 414 g/mol. The Labute approximate surface area is 175 Å². The lowest BCUT2D eigenvalue weighted by molar-refractivity contribution is -0.856. The van der Waals surface area contributed by atoms with Gasteiger partial charge in [-0.15, -0.1) is 0 Å². The number of ether oxygens (including phenoxy) is 2. The van der Waals surface area contributed by atoms with E-state index in [0.29, 0.717) is 23.6 Å². The molecule has 0 bridgehead atoms. The minimum absolute atomic E-state index is 0.0966. The highest BCUT2D eigenvalue weighted by molar-refractivity contribution is 7.22. The third-order valence-electron chi connectivity index (χ3n) is 5.02. The van der Waals surface area contributed by atoms with Crippen molar-refractivity contribution in [2.24, 2.45) is 0 Å². The van der Waals surface area contributed by atoms with Crippen LogP contribution in [0.1, 0.15) is 21.5 Å². The summed E-state index contributed by atoms with van der Waals surface area (Å²) in [5, 5.41) is 0.717. The van der Waals surface area contributed by atoms with E-state index >= 15 is 0 Å². The molecular weight excluding hydrogens is 386 g/mol. The van der Waals surface area contributed by atoms with Crippen molar-refractivity contribution in [3.8, 4) is 11.5 Å². The van der Waals surface area contributed by atoms with Gasteiger partial charge >= 0.3 is 0 Å². The second-order valence-electron chi connectivity index (χ2n) is 7.33. The quantitative estimate of drug-likeness (QED) is 0.646. The Bertz CT molecular complexity index is 1030. The van der Waals surface area contributed by atoms with Crippen molar-refractivity contribution in [3.05, 3.63) is 47.0 Å². The van der Waals surface area contributed by atoms with E-state index in [9.17, 15) is 4.79 Å². The van der Waals surface area contributed by atoms with Crippen LogP contribution in [0.3, 0.4) is 0 Å². The number of quaternary nitrogens is 1. The van der Waals surface area contributed by atoms with E-state index in [0.717, 1.165) is 27.5 Å². The summed E-state index contributed by atoms with van der Waals surface area (Å²) in [5.41, 5.74) is 3.86. The highest BCUT2D eigenvalue weighted by Gasteiger charge is 2.24. The van der Waals surface area contributed by atoms with E-state index in [4.69, 9.17) is 14.5 Å². The predicted octanol–water partition coefficient (Wildman–Crippen LogP) is 2.72. The molecule has 0 unspecified atom stereocenters. The van der Waals surface area contributed by atoms with Gasteiger partial charge in [0, 0.05) is 5.56 Å². The number of anilines is 1. The van der Waals surface area contributed by atoms with Gasteiger partial charge in [0.2, 0.25) is 0 Å². The highest BCUT2D eigenvalue weighted by Crippen LogP contribution is 2.33. The number of rotatable bonds is 7. The first kappa shape index (κ1) is 21.1. The molecule has 0 aliphatic heterocycles. The first-order valence-electron chi connectivity index (χ1n) is 9.55. The fourth-order valence-electron chi connectivity index (χ4n) is 3.07. The number of likely N-dealkylation sites (N-methyl/N-ethyl adjacent to an activating group) is 1. The fraction of sp³-hybridized carbons (Fsp3) is 0.364.